The number of aromatic nitrogens is 2. The zero-order valence-electron chi connectivity index (χ0n) is 12.4. The molecule has 1 N–H and O–H groups in total. The minimum atomic E-state index is -2.95. The van der Waals surface area contributed by atoms with E-state index < -0.39 is 9.84 Å². The van der Waals surface area contributed by atoms with Crippen molar-refractivity contribution < 1.29 is 8.42 Å². The van der Waals surface area contributed by atoms with Crippen molar-refractivity contribution >= 4 is 55.4 Å². The Labute approximate surface area is 143 Å². The Morgan fingerprint density at radius 2 is 2.05 bits per heavy atom. The summed E-state index contributed by atoms with van der Waals surface area (Å²) in [5.74, 6) is 0.598. The highest BCUT2D eigenvalue weighted by Crippen LogP contribution is 2.33. The maximum absolute atomic E-state index is 11.1. The van der Waals surface area contributed by atoms with Crippen LogP contribution in [0.4, 0.5) is 10.8 Å². The molecule has 0 spiro atoms. The summed E-state index contributed by atoms with van der Waals surface area (Å²) in [5.41, 5.74) is 2.95. The number of aryl methyl sites for hydroxylation is 2. The summed E-state index contributed by atoms with van der Waals surface area (Å²) < 4.78 is 22.9. The van der Waals surface area contributed by atoms with Crippen LogP contribution in [0.3, 0.4) is 0 Å². The van der Waals surface area contributed by atoms with Crippen LogP contribution in [-0.4, -0.2) is 36.4 Å². The first kappa shape index (κ1) is 17.5. The van der Waals surface area contributed by atoms with E-state index in [1.165, 1.54) is 29.4 Å². The molecule has 0 aliphatic rings. The first-order valence-corrected chi connectivity index (χ1v) is 10.7. The highest BCUT2D eigenvalue weighted by Gasteiger charge is 2.11. The summed E-state index contributed by atoms with van der Waals surface area (Å²) in [4.78, 5) is 0. The predicted molar refractivity (Wildman–Crippen MR) is 94.6 cm³/mol. The molecule has 0 fully saturated rings. The fraction of sp³-hybridized carbons (Fsp3) is 0.385. The van der Waals surface area contributed by atoms with Gasteiger partial charge in [0.1, 0.15) is 9.84 Å². The number of thioether (sulfide) groups is 1. The number of nitrogens with zero attached hydrogens (tertiary/aromatic N) is 2. The highest BCUT2D eigenvalue weighted by atomic mass is 35.5. The third-order valence-corrected chi connectivity index (χ3v) is 6.23. The summed E-state index contributed by atoms with van der Waals surface area (Å²) in [6.07, 6.45) is 1.23. The molecule has 1 heterocycles. The molecular formula is C13H16ClN3O2S3. The van der Waals surface area contributed by atoms with Gasteiger partial charge in [-0.1, -0.05) is 40.8 Å². The fourth-order valence-corrected chi connectivity index (χ4v) is 5.17. The Bertz CT molecular complexity index is 752. The molecule has 0 aliphatic carbocycles. The van der Waals surface area contributed by atoms with Gasteiger partial charge in [0, 0.05) is 12.0 Å². The molecule has 0 amide bonds. The molecule has 1 aromatic heterocycles. The topological polar surface area (TPSA) is 72.0 Å². The zero-order valence-corrected chi connectivity index (χ0v) is 15.6. The summed E-state index contributed by atoms with van der Waals surface area (Å²) >= 11 is 9.01. The number of hydrogen-bond donors (Lipinski definition) is 1. The Kier molecular flexibility index (Phi) is 5.70. The lowest BCUT2D eigenvalue weighted by Gasteiger charge is -2.09. The van der Waals surface area contributed by atoms with Crippen LogP contribution in [0.15, 0.2) is 16.5 Å². The Balaban J connectivity index is 2.04. The monoisotopic (exact) mass is 377 g/mol. The van der Waals surface area contributed by atoms with Gasteiger partial charge in [0.15, 0.2) is 4.34 Å². The molecule has 120 valence electrons. The molecule has 5 nitrogen and oxygen atoms in total. The van der Waals surface area contributed by atoms with Crippen LogP contribution >= 0.6 is 34.7 Å². The molecule has 2 aromatic rings. The normalized spacial score (nSPS) is 11.6. The molecule has 0 bridgehead atoms. The van der Waals surface area contributed by atoms with Crippen molar-refractivity contribution in [3.8, 4) is 0 Å². The van der Waals surface area contributed by atoms with E-state index in [0.717, 1.165) is 21.2 Å². The summed E-state index contributed by atoms with van der Waals surface area (Å²) in [7, 11) is -2.95. The average Bonchev–Trinajstić information content (AvgIpc) is 2.80. The molecule has 2 rings (SSSR count). The standard InChI is InChI=1S/C13H16ClN3O2S3/c1-8-6-9(2)11(10(14)7-8)15-12-16-17-13(21-12)20-4-5-22(3,18)19/h6-7H,4-5H2,1-3H3,(H,15,16). The van der Waals surface area contributed by atoms with Gasteiger partial charge < -0.3 is 5.32 Å². The van der Waals surface area contributed by atoms with Crippen LogP contribution < -0.4 is 5.32 Å². The first-order valence-electron chi connectivity index (χ1n) is 6.42. The molecule has 22 heavy (non-hydrogen) atoms. The van der Waals surface area contributed by atoms with E-state index in [9.17, 15) is 8.42 Å². The van der Waals surface area contributed by atoms with Gasteiger partial charge in [0.25, 0.3) is 0 Å². The molecule has 1 aromatic carbocycles. The molecule has 9 heteroatoms. The number of hydrogen-bond acceptors (Lipinski definition) is 7. The van der Waals surface area contributed by atoms with Crippen molar-refractivity contribution in [2.24, 2.45) is 0 Å². The van der Waals surface area contributed by atoms with Crippen molar-refractivity contribution in [3.63, 3.8) is 0 Å². The van der Waals surface area contributed by atoms with E-state index in [4.69, 9.17) is 11.6 Å². The smallest absolute Gasteiger partial charge is 0.210 e. The predicted octanol–water partition coefficient (Wildman–Crippen LogP) is 3.69. The Morgan fingerprint density at radius 1 is 1.32 bits per heavy atom. The lowest BCUT2D eigenvalue weighted by molar-refractivity contribution is 0.603. The van der Waals surface area contributed by atoms with Gasteiger partial charge in [-0.25, -0.2) is 8.42 Å². The van der Waals surface area contributed by atoms with Crippen LogP contribution in [0, 0.1) is 13.8 Å². The number of halogens is 1. The minimum Gasteiger partial charge on any atom is -0.329 e. The van der Waals surface area contributed by atoms with Crippen LogP contribution in [0.5, 0.6) is 0 Å². The van der Waals surface area contributed by atoms with Gasteiger partial charge in [-0.15, -0.1) is 10.2 Å². The van der Waals surface area contributed by atoms with Crippen molar-refractivity contribution in [2.75, 3.05) is 23.1 Å². The molecule has 0 aliphatic heterocycles. The number of rotatable bonds is 6. The lowest BCUT2D eigenvalue weighted by Crippen LogP contribution is -2.04. The molecule has 0 radical (unpaired) electrons. The fourth-order valence-electron chi connectivity index (χ4n) is 1.78. The molecular weight excluding hydrogens is 362 g/mol. The van der Waals surface area contributed by atoms with Crippen molar-refractivity contribution in [3.05, 3.63) is 28.3 Å². The molecule has 0 unspecified atom stereocenters. The maximum atomic E-state index is 11.1. The zero-order chi connectivity index (χ0) is 16.3. The van der Waals surface area contributed by atoms with Crippen molar-refractivity contribution in [1.29, 1.82) is 0 Å². The van der Waals surface area contributed by atoms with Crippen molar-refractivity contribution in [1.82, 2.24) is 10.2 Å². The van der Waals surface area contributed by atoms with E-state index in [-0.39, 0.29) is 5.75 Å². The van der Waals surface area contributed by atoms with Crippen LogP contribution in [0.2, 0.25) is 5.02 Å². The van der Waals surface area contributed by atoms with Crippen LogP contribution in [0.25, 0.3) is 0 Å². The third-order valence-electron chi connectivity index (χ3n) is 2.75. The van der Waals surface area contributed by atoms with E-state index in [1.807, 2.05) is 26.0 Å². The van der Waals surface area contributed by atoms with Gasteiger partial charge >= 0.3 is 0 Å². The average molecular weight is 378 g/mol. The molecule has 0 saturated carbocycles. The summed E-state index contributed by atoms with van der Waals surface area (Å²) in [5, 5.41) is 12.5. The van der Waals surface area contributed by atoms with Crippen LogP contribution in [0.1, 0.15) is 11.1 Å². The van der Waals surface area contributed by atoms with E-state index in [2.05, 4.69) is 15.5 Å². The molecule has 0 saturated heterocycles. The number of nitrogens with one attached hydrogen (secondary N) is 1. The second kappa shape index (κ2) is 7.16. The summed E-state index contributed by atoms with van der Waals surface area (Å²) in [6, 6.07) is 3.93. The highest BCUT2D eigenvalue weighted by molar-refractivity contribution is 8.02. The Morgan fingerprint density at radius 3 is 2.68 bits per heavy atom. The van der Waals surface area contributed by atoms with E-state index in [1.54, 1.807) is 0 Å². The first-order chi connectivity index (χ1) is 10.2. The van der Waals surface area contributed by atoms with E-state index in [0.29, 0.717) is 15.9 Å². The van der Waals surface area contributed by atoms with Gasteiger partial charge in [-0.3, -0.25) is 0 Å². The van der Waals surface area contributed by atoms with Gasteiger partial charge in [0.2, 0.25) is 5.13 Å². The minimum absolute atomic E-state index is 0.128. The Hall–Kier alpha value is -0.830. The largest absolute Gasteiger partial charge is 0.329 e. The second-order valence-electron chi connectivity index (χ2n) is 4.92. The molecule has 0 atom stereocenters. The number of sulfone groups is 1. The third kappa shape index (κ3) is 5.12. The lowest BCUT2D eigenvalue weighted by atomic mass is 10.1. The summed E-state index contributed by atoms with van der Waals surface area (Å²) in [6.45, 7) is 3.97. The van der Waals surface area contributed by atoms with Crippen LogP contribution in [-0.2, 0) is 9.84 Å². The van der Waals surface area contributed by atoms with Gasteiger partial charge in [-0.05, 0) is 31.0 Å². The van der Waals surface area contributed by atoms with Crippen molar-refractivity contribution in [2.45, 2.75) is 18.2 Å². The maximum Gasteiger partial charge on any atom is 0.210 e. The second-order valence-corrected chi connectivity index (χ2v) is 9.90. The number of benzene rings is 1. The van der Waals surface area contributed by atoms with E-state index >= 15 is 0 Å². The quantitative estimate of drug-likeness (QED) is 0.774. The SMILES string of the molecule is Cc1cc(C)c(Nc2nnc(SCCS(C)(=O)=O)s2)c(Cl)c1. The van der Waals surface area contributed by atoms with Gasteiger partial charge in [-0.2, -0.15) is 0 Å². The van der Waals surface area contributed by atoms with Gasteiger partial charge in [0.05, 0.1) is 16.5 Å². The number of anilines is 2.